The van der Waals surface area contributed by atoms with Crippen molar-refractivity contribution < 1.29 is 23.1 Å². The number of benzene rings is 2. The molecule has 0 radical (unpaired) electrons. The Labute approximate surface area is 111 Å². The van der Waals surface area contributed by atoms with Crippen molar-refractivity contribution in [1.29, 1.82) is 0 Å². The highest BCUT2D eigenvalue weighted by Gasteiger charge is 2.12. The van der Waals surface area contributed by atoms with Gasteiger partial charge in [-0.25, -0.2) is 13.2 Å². The molecular weight excluding hydrogens is 273 g/mol. The van der Waals surface area contributed by atoms with Gasteiger partial charge in [0, 0.05) is 6.07 Å². The van der Waals surface area contributed by atoms with Gasteiger partial charge < -0.3 is 15.7 Å². The van der Waals surface area contributed by atoms with Gasteiger partial charge in [-0.05, 0) is 30.3 Å². The van der Waals surface area contributed by atoms with Gasteiger partial charge in [-0.15, -0.1) is 0 Å². The van der Waals surface area contributed by atoms with Crippen molar-refractivity contribution in [3.8, 4) is 11.5 Å². The summed E-state index contributed by atoms with van der Waals surface area (Å²) in [7, 11) is 0. The highest BCUT2D eigenvalue weighted by Crippen LogP contribution is 2.27. The molecule has 2 rings (SSSR count). The molecule has 0 aliphatic carbocycles. The molecular formula is C13H9F3N2O2. The fourth-order valence-electron chi connectivity index (χ4n) is 1.51. The summed E-state index contributed by atoms with van der Waals surface area (Å²) in [6, 6.07) is 6.21. The summed E-state index contributed by atoms with van der Waals surface area (Å²) < 4.78 is 44.3. The fraction of sp³-hybridized carbons (Fsp3) is 0. The number of ether oxygens (including phenoxy) is 1. The zero-order chi connectivity index (χ0) is 14.7. The smallest absolute Gasteiger partial charge is 0.173 e. The van der Waals surface area contributed by atoms with Crippen LogP contribution in [0, 0.1) is 17.5 Å². The van der Waals surface area contributed by atoms with Crippen LogP contribution in [-0.4, -0.2) is 11.0 Å². The molecule has 0 bridgehead atoms. The maximum Gasteiger partial charge on any atom is 0.173 e. The van der Waals surface area contributed by atoms with E-state index in [1.165, 1.54) is 12.1 Å². The molecule has 7 heteroatoms. The number of rotatable bonds is 3. The molecule has 0 saturated carbocycles. The third-order valence-corrected chi connectivity index (χ3v) is 2.44. The van der Waals surface area contributed by atoms with Crippen molar-refractivity contribution in [2.45, 2.75) is 0 Å². The number of halogens is 3. The third kappa shape index (κ3) is 2.82. The summed E-state index contributed by atoms with van der Waals surface area (Å²) in [4.78, 5) is 0. The monoisotopic (exact) mass is 282 g/mol. The Balaban J connectivity index is 2.40. The second-order valence-electron chi connectivity index (χ2n) is 3.80. The molecule has 0 atom stereocenters. The largest absolute Gasteiger partial charge is 0.456 e. The summed E-state index contributed by atoms with van der Waals surface area (Å²) in [5, 5.41) is 11.4. The predicted octanol–water partition coefficient (Wildman–Crippen LogP) is 2.99. The number of nitrogens with two attached hydrogens (primary N) is 1. The highest BCUT2D eigenvalue weighted by atomic mass is 19.2. The molecule has 0 amide bonds. The Bertz CT molecular complexity index is 675. The lowest BCUT2D eigenvalue weighted by Gasteiger charge is -2.10. The van der Waals surface area contributed by atoms with E-state index in [9.17, 15) is 13.2 Å². The first-order valence-electron chi connectivity index (χ1n) is 5.41. The van der Waals surface area contributed by atoms with Crippen LogP contribution in [-0.2, 0) is 0 Å². The van der Waals surface area contributed by atoms with Gasteiger partial charge in [0.2, 0.25) is 0 Å². The lowest BCUT2D eigenvalue weighted by Crippen LogP contribution is -2.14. The molecule has 0 fully saturated rings. The van der Waals surface area contributed by atoms with Crippen molar-refractivity contribution in [1.82, 2.24) is 0 Å². The van der Waals surface area contributed by atoms with Crippen molar-refractivity contribution >= 4 is 5.84 Å². The average Bonchev–Trinajstić information content (AvgIpc) is 2.44. The van der Waals surface area contributed by atoms with Crippen molar-refractivity contribution in [2.24, 2.45) is 10.9 Å². The Morgan fingerprint density at radius 2 is 1.80 bits per heavy atom. The van der Waals surface area contributed by atoms with Crippen LogP contribution in [0.5, 0.6) is 11.5 Å². The molecule has 104 valence electrons. The molecule has 0 aliphatic heterocycles. The summed E-state index contributed by atoms with van der Waals surface area (Å²) in [5.41, 5.74) is 5.37. The molecule has 4 nitrogen and oxygen atoms in total. The van der Waals surface area contributed by atoms with Crippen LogP contribution < -0.4 is 10.5 Å². The van der Waals surface area contributed by atoms with Gasteiger partial charge in [0.25, 0.3) is 0 Å². The van der Waals surface area contributed by atoms with Crippen LogP contribution >= 0.6 is 0 Å². The van der Waals surface area contributed by atoms with Gasteiger partial charge in [-0.1, -0.05) is 5.16 Å². The summed E-state index contributed by atoms with van der Waals surface area (Å²) >= 11 is 0. The first-order chi connectivity index (χ1) is 9.51. The Morgan fingerprint density at radius 1 is 1.05 bits per heavy atom. The first-order valence-corrected chi connectivity index (χ1v) is 5.41. The number of oxime groups is 1. The Kier molecular flexibility index (Phi) is 3.79. The number of hydrogen-bond acceptors (Lipinski definition) is 3. The molecule has 2 aromatic carbocycles. The Hall–Kier alpha value is -2.70. The maximum atomic E-state index is 13.1. The van der Waals surface area contributed by atoms with E-state index in [4.69, 9.17) is 15.7 Å². The topological polar surface area (TPSA) is 67.8 Å². The normalized spacial score (nSPS) is 11.4. The van der Waals surface area contributed by atoms with E-state index < -0.39 is 17.5 Å². The van der Waals surface area contributed by atoms with Gasteiger partial charge in [-0.3, -0.25) is 0 Å². The van der Waals surface area contributed by atoms with Crippen molar-refractivity contribution in [2.75, 3.05) is 0 Å². The van der Waals surface area contributed by atoms with Gasteiger partial charge >= 0.3 is 0 Å². The quantitative estimate of drug-likeness (QED) is 0.393. The van der Waals surface area contributed by atoms with Crippen LogP contribution in [0.4, 0.5) is 13.2 Å². The van der Waals surface area contributed by atoms with Gasteiger partial charge in [0.1, 0.15) is 17.3 Å². The zero-order valence-electron chi connectivity index (χ0n) is 9.98. The second-order valence-corrected chi connectivity index (χ2v) is 3.80. The number of nitrogens with zero attached hydrogens (tertiary/aromatic N) is 1. The Morgan fingerprint density at radius 3 is 2.45 bits per heavy atom. The minimum absolute atomic E-state index is 0.0116. The van der Waals surface area contributed by atoms with E-state index >= 15 is 0 Å². The van der Waals surface area contributed by atoms with E-state index in [-0.39, 0.29) is 22.9 Å². The lowest BCUT2D eigenvalue weighted by molar-refractivity contribution is 0.318. The number of hydrogen-bond donors (Lipinski definition) is 2. The SMILES string of the molecule is NC(=NO)c1cc(F)ccc1Oc1ccc(F)c(F)c1. The highest BCUT2D eigenvalue weighted by molar-refractivity contribution is 5.99. The van der Waals surface area contributed by atoms with Crippen molar-refractivity contribution in [3.05, 3.63) is 59.4 Å². The lowest BCUT2D eigenvalue weighted by atomic mass is 10.2. The first kappa shape index (κ1) is 13.7. The summed E-state index contributed by atoms with van der Waals surface area (Å²) in [5.74, 6) is -3.08. The number of amidine groups is 1. The molecule has 0 aliphatic rings. The van der Waals surface area contributed by atoms with Crippen LogP contribution in [0.15, 0.2) is 41.6 Å². The third-order valence-electron chi connectivity index (χ3n) is 2.44. The molecule has 0 aromatic heterocycles. The van der Waals surface area contributed by atoms with E-state index in [2.05, 4.69) is 5.16 Å². The van der Waals surface area contributed by atoms with Gasteiger partial charge in [-0.2, -0.15) is 0 Å². The molecule has 20 heavy (non-hydrogen) atoms. The van der Waals surface area contributed by atoms with Gasteiger partial charge in [0.15, 0.2) is 17.5 Å². The minimum atomic E-state index is -1.09. The van der Waals surface area contributed by atoms with Crippen LogP contribution in [0.1, 0.15) is 5.56 Å². The molecule has 0 heterocycles. The molecule has 2 aromatic rings. The maximum absolute atomic E-state index is 13.1. The summed E-state index contributed by atoms with van der Waals surface area (Å²) in [6.45, 7) is 0. The fourth-order valence-corrected chi connectivity index (χ4v) is 1.51. The second kappa shape index (κ2) is 5.52. The van der Waals surface area contributed by atoms with Crippen molar-refractivity contribution in [3.63, 3.8) is 0 Å². The van der Waals surface area contributed by atoms with Crippen LogP contribution in [0.2, 0.25) is 0 Å². The van der Waals surface area contributed by atoms with E-state index in [1.54, 1.807) is 0 Å². The molecule has 0 saturated heterocycles. The molecule has 0 unspecified atom stereocenters. The minimum Gasteiger partial charge on any atom is -0.456 e. The van der Waals surface area contributed by atoms with E-state index in [1.807, 2.05) is 0 Å². The van der Waals surface area contributed by atoms with E-state index in [0.717, 1.165) is 24.3 Å². The van der Waals surface area contributed by atoms with Gasteiger partial charge in [0.05, 0.1) is 5.56 Å². The standard InChI is InChI=1S/C13H9F3N2O2/c14-7-1-4-12(9(5-7)13(17)18-19)20-8-2-3-10(15)11(16)6-8/h1-6,19H,(H2,17,18). The summed E-state index contributed by atoms with van der Waals surface area (Å²) in [6.07, 6.45) is 0. The average molecular weight is 282 g/mol. The van der Waals surface area contributed by atoms with Crippen LogP contribution in [0.25, 0.3) is 0 Å². The van der Waals surface area contributed by atoms with E-state index in [0.29, 0.717) is 0 Å². The molecule has 3 N–H and O–H groups in total. The zero-order valence-corrected chi connectivity index (χ0v) is 9.98. The van der Waals surface area contributed by atoms with Crippen LogP contribution in [0.3, 0.4) is 0 Å². The molecule has 0 spiro atoms. The predicted molar refractivity (Wildman–Crippen MR) is 65.3 cm³/mol.